The molecule has 0 bridgehead atoms. The smallest absolute Gasteiger partial charge is 0.119 e. The van der Waals surface area contributed by atoms with E-state index in [1.165, 1.54) is 30.4 Å². The van der Waals surface area contributed by atoms with Gasteiger partial charge in [-0.05, 0) is 42.5 Å². The summed E-state index contributed by atoms with van der Waals surface area (Å²) in [6.07, 6.45) is 7.16. The highest BCUT2D eigenvalue weighted by Gasteiger charge is 2.20. The Morgan fingerprint density at radius 3 is 3.21 bits per heavy atom. The second-order valence-corrected chi connectivity index (χ2v) is 4.97. The zero-order valence-electron chi connectivity index (χ0n) is 11.1. The summed E-state index contributed by atoms with van der Waals surface area (Å²) >= 11 is 0. The van der Waals surface area contributed by atoms with Gasteiger partial charge in [-0.1, -0.05) is 6.07 Å². The van der Waals surface area contributed by atoms with Gasteiger partial charge in [0.25, 0.3) is 0 Å². The van der Waals surface area contributed by atoms with Gasteiger partial charge in [-0.25, -0.2) is 4.98 Å². The van der Waals surface area contributed by atoms with Gasteiger partial charge >= 0.3 is 0 Å². The standard InChI is InChI=1S/C15H19N3O/c1-19-13-6-5-11-3-2-4-15(14(11)7-13)17-9-12-8-16-10-18-12/h5-8,10,15,17H,2-4,9H2,1H3,(H,16,18). The summed E-state index contributed by atoms with van der Waals surface area (Å²) in [5.74, 6) is 0.939. The number of aryl methyl sites for hydroxylation is 1. The largest absolute Gasteiger partial charge is 0.497 e. The molecule has 2 aromatic rings. The molecule has 1 heterocycles. The lowest BCUT2D eigenvalue weighted by Gasteiger charge is -2.26. The van der Waals surface area contributed by atoms with E-state index in [1.807, 2.05) is 6.20 Å². The number of imidazole rings is 1. The van der Waals surface area contributed by atoms with Crippen LogP contribution in [-0.2, 0) is 13.0 Å². The average molecular weight is 257 g/mol. The van der Waals surface area contributed by atoms with Crippen LogP contribution in [0.15, 0.2) is 30.7 Å². The van der Waals surface area contributed by atoms with Crippen LogP contribution in [0.5, 0.6) is 5.75 Å². The molecule has 1 aliphatic carbocycles. The van der Waals surface area contributed by atoms with Crippen LogP contribution in [0.3, 0.4) is 0 Å². The van der Waals surface area contributed by atoms with Crippen molar-refractivity contribution in [3.63, 3.8) is 0 Å². The van der Waals surface area contributed by atoms with Crippen LogP contribution >= 0.6 is 0 Å². The number of hydrogen-bond acceptors (Lipinski definition) is 3. The lowest BCUT2D eigenvalue weighted by atomic mass is 9.87. The van der Waals surface area contributed by atoms with Crippen molar-refractivity contribution in [1.29, 1.82) is 0 Å². The summed E-state index contributed by atoms with van der Waals surface area (Å²) in [5.41, 5.74) is 3.94. The van der Waals surface area contributed by atoms with Crippen LogP contribution in [0, 0.1) is 0 Å². The molecule has 4 nitrogen and oxygen atoms in total. The minimum atomic E-state index is 0.405. The first-order valence-electron chi connectivity index (χ1n) is 6.74. The number of rotatable bonds is 4. The lowest BCUT2D eigenvalue weighted by molar-refractivity contribution is 0.408. The quantitative estimate of drug-likeness (QED) is 0.885. The van der Waals surface area contributed by atoms with Crippen molar-refractivity contribution in [3.8, 4) is 5.75 Å². The molecule has 4 heteroatoms. The molecular weight excluding hydrogens is 238 g/mol. The van der Waals surface area contributed by atoms with Gasteiger partial charge in [0, 0.05) is 24.5 Å². The average Bonchev–Trinajstić information content (AvgIpc) is 2.97. The van der Waals surface area contributed by atoms with Gasteiger partial charge < -0.3 is 15.0 Å². The molecule has 1 aromatic carbocycles. The highest BCUT2D eigenvalue weighted by molar-refractivity contribution is 5.39. The minimum absolute atomic E-state index is 0.405. The van der Waals surface area contributed by atoms with Crippen molar-refractivity contribution in [2.75, 3.05) is 7.11 Å². The first-order valence-corrected chi connectivity index (χ1v) is 6.74. The molecule has 0 radical (unpaired) electrons. The molecule has 2 N–H and O–H groups in total. The van der Waals surface area contributed by atoms with Gasteiger partial charge in [0.05, 0.1) is 13.4 Å². The molecule has 100 valence electrons. The Balaban J connectivity index is 1.77. The summed E-state index contributed by atoms with van der Waals surface area (Å²) in [4.78, 5) is 7.17. The van der Waals surface area contributed by atoms with Gasteiger partial charge in [0.1, 0.15) is 5.75 Å². The first kappa shape index (κ1) is 12.2. The van der Waals surface area contributed by atoms with Crippen LogP contribution in [-0.4, -0.2) is 17.1 Å². The van der Waals surface area contributed by atoms with Gasteiger partial charge in [-0.15, -0.1) is 0 Å². The predicted octanol–water partition coefficient (Wildman–Crippen LogP) is 2.59. The summed E-state index contributed by atoms with van der Waals surface area (Å²) in [6.45, 7) is 0.821. The van der Waals surface area contributed by atoms with E-state index in [9.17, 15) is 0 Å². The Bertz CT molecular complexity index is 536. The lowest BCUT2D eigenvalue weighted by Crippen LogP contribution is -2.25. The molecule has 1 unspecified atom stereocenters. The number of aromatic nitrogens is 2. The van der Waals surface area contributed by atoms with E-state index in [-0.39, 0.29) is 0 Å². The molecule has 0 saturated carbocycles. The van der Waals surface area contributed by atoms with E-state index >= 15 is 0 Å². The molecular formula is C15H19N3O. The number of nitrogens with zero attached hydrogens (tertiary/aromatic N) is 1. The van der Waals surface area contributed by atoms with E-state index < -0.39 is 0 Å². The zero-order chi connectivity index (χ0) is 13.1. The topological polar surface area (TPSA) is 49.9 Å². The second-order valence-electron chi connectivity index (χ2n) is 4.97. The molecule has 1 atom stereocenters. The third kappa shape index (κ3) is 2.63. The molecule has 0 amide bonds. The van der Waals surface area contributed by atoms with Gasteiger partial charge in [0.15, 0.2) is 0 Å². The summed E-state index contributed by atoms with van der Waals surface area (Å²) in [5, 5.41) is 3.60. The van der Waals surface area contributed by atoms with E-state index in [0.29, 0.717) is 6.04 Å². The fourth-order valence-electron chi connectivity index (χ4n) is 2.73. The third-order valence-electron chi connectivity index (χ3n) is 3.76. The monoisotopic (exact) mass is 257 g/mol. The van der Waals surface area contributed by atoms with Gasteiger partial charge in [0.2, 0.25) is 0 Å². The van der Waals surface area contributed by atoms with Crippen LogP contribution in [0.25, 0.3) is 0 Å². The molecule has 0 fully saturated rings. The second kappa shape index (κ2) is 5.45. The highest BCUT2D eigenvalue weighted by atomic mass is 16.5. The summed E-state index contributed by atoms with van der Waals surface area (Å²) < 4.78 is 5.34. The van der Waals surface area contributed by atoms with Crippen molar-refractivity contribution < 1.29 is 4.74 Å². The van der Waals surface area contributed by atoms with Crippen molar-refractivity contribution in [1.82, 2.24) is 15.3 Å². The summed E-state index contributed by atoms with van der Waals surface area (Å²) in [7, 11) is 1.72. The number of fused-ring (bicyclic) bond motifs is 1. The number of benzene rings is 1. The Labute approximate surface area is 113 Å². The number of H-pyrrole nitrogens is 1. The van der Waals surface area contributed by atoms with Crippen molar-refractivity contribution in [2.45, 2.75) is 31.8 Å². The maximum atomic E-state index is 5.34. The van der Waals surface area contributed by atoms with Crippen LogP contribution < -0.4 is 10.1 Å². The number of methoxy groups -OCH3 is 1. The number of ether oxygens (including phenoxy) is 1. The Morgan fingerprint density at radius 1 is 1.47 bits per heavy atom. The molecule has 0 spiro atoms. The van der Waals surface area contributed by atoms with E-state index in [0.717, 1.165) is 18.0 Å². The maximum absolute atomic E-state index is 5.34. The number of aromatic amines is 1. The normalized spacial score (nSPS) is 18.1. The molecule has 19 heavy (non-hydrogen) atoms. The Morgan fingerprint density at radius 2 is 2.42 bits per heavy atom. The molecule has 3 rings (SSSR count). The fraction of sp³-hybridized carbons (Fsp3) is 0.400. The first-order chi connectivity index (χ1) is 9.36. The van der Waals surface area contributed by atoms with Crippen molar-refractivity contribution in [3.05, 3.63) is 47.5 Å². The zero-order valence-corrected chi connectivity index (χ0v) is 11.1. The van der Waals surface area contributed by atoms with Crippen LogP contribution in [0.1, 0.15) is 35.7 Å². The van der Waals surface area contributed by atoms with Gasteiger partial charge in [-0.2, -0.15) is 0 Å². The van der Waals surface area contributed by atoms with E-state index in [4.69, 9.17) is 4.74 Å². The predicted molar refractivity (Wildman–Crippen MR) is 74.1 cm³/mol. The van der Waals surface area contributed by atoms with E-state index in [2.05, 4.69) is 33.5 Å². The number of hydrogen-bond donors (Lipinski definition) is 2. The maximum Gasteiger partial charge on any atom is 0.119 e. The number of nitrogens with one attached hydrogen (secondary N) is 2. The summed E-state index contributed by atoms with van der Waals surface area (Å²) in [6, 6.07) is 6.81. The van der Waals surface area contributed by atoms with E-state index in [1.54, 1.807) is 13.4 Å². The molecule has 0 aliphatic heterocycles. The van der Waals surface area contributed by atoms with Crippen LogP contribution in [0.2, 0.25) is 0 Å². The molecule has 0 saturated heterocycles. The SMILES string of the molecule is COc1ccc2c(c1)C(NCc1cnc[nH]1)CCC2. The van der Waals surface area contributed by atoms with Crippen molar-refractivity contribution in [2.24, 2.45) is 0 Å². The molecule has 1 aliphatic rings. The Hall–Kier alpha value is -1.81. The fourth-order valence-corrected chi connectivity index (χ4v) is 2.73. The Kier molecular flexibility index (Phi) is 3.51. The highest BCUT2D eigenvalue weighted by Crippen LogP contribution is 2.32. The van der Waals surface area contributed by atoms with Crippen LogP contribution in [0.4, 0.5) is 0 Å². The van der Waals surface area contributed by atoms with Gasteiger partial charge in [-0.3, -0.25) is 0 Å². The van der Waals surface area contributed by atoms with Crippen molar-refractivity contribution >= 4 is 0 Å². The third-order valence-corrected chi connectivity index (χ3v) is 3.76. The molecule has 1 aromatic heterocycles. The minimum Gasteiger partial charge on any atom is -0.497 e.